The Balaban J connectivity index is 1.29. The minimum absolute atomic E-state index is 0.0131. The molecule has 0 aliphatic carbocycles. The van der Waals surface area contributed by atoms with Gasteiger partial charge in [0.25, 0.3) is 0 Å². The van der Waals surface area contributed by atoms with Crippen molar-refractivity contribution >= 4 is 58.1 Å². The van der Waals surface area contributed by atoms with Crippen LogP contribution in [0.25, 0.3) is 10.8 Å². The molecule has 3 aromatic rings. The van der Waals surface area contributed by atoms with Gasteiger partial charge in [0.1, 0.15) is 30.2 Å². The fourth-order valence-electron chi connectivity index (χ4n) is 8.47. The second-order valence-corrected chi connectivity index (χ2v) is 19.4. The minimum atomic E-state index is -1.29. The van der Waals surface area contributed by atoms with Crippen molar-refractivity contribution in [3.05, 3.63) is 83.9 Å². The van der Waals surface area contributed by atoms with Crippen LogP contribution in [0.15, 0.2) is 72.8 Å². The highest BCUT2D eigenvalue weighted by molar-refractivity contribution is 5.95. The first kappa shape index (κ1) is 58.0. The lowest BCUT2D eigenvalue weighted by atomic mass is 9.98. The molecule has 7 amide bonds. The third kappa shape index (κ3) is 22.9. The number of carbonyl (C=O) groups excluding carboxylic acids is 7. The van der Waals surface area contributed by atoms with Gasteiger partial charge in [-0.2, -0.15) is 0 Å². The van der Waals surface area contributed by atoms with Gasteiger partial charge in [0, 0.05) is 25.7 Å². The zero-order chi connectivity index (χ0) is 51.4. The summed E-state index contributed by atoms with van der Waals surface area (Å²) in [5.74, 6) is -4.90. The minimum Gasteiger partial charge on any atom is -0.480 e. The number of unbranched alkanes of at least 4 members (excludes halogenated alkanes) is 11. The van der Waals surface area contributed by atoms with Crippen molar-refractivity contribution < 1.29 is 43.5 Å². The Morgan fingerprint density at radius 1 is 0.471 bits per heavy atom. The van der Waals surface area contributed by atoms with Crippen LogP contribution in [0.2, 0.25) is 0 Å². The third-order valence-electron chi connectivity index (χ3n) is 12.2. The number of carboxylic acids is 1. The zero-order valence-electron chi connectivity index (χ0n) is 41.8. The first-order valence-electron chi connectivity index (χ1n) is 25.2. The summed E-state index contributed by atoms with van der Waals surface area (Å²) in [5, 5.41) is 25.3. The quantitative estimate of drug-likeness (QED) is 0.0319. The Hall–Kier alpha value is -6.32. The molecule has 384 valence electrons. The Morgan fingerprint density at radius 3 is 1.40 bits per heavy atom. The Morgan fingerprint density at radius 2 is 0.900 bits per heavy atom. The van der Waals surface area contributed by atoms with Crippen LogP contribution in [0.1, 0.15) is 148 Å². The fraction of sp³-hybridized carbons (Fsp3) is 0.556. The normalized spacial score (nSPS) is 13.4. The highest BCUT2D eigenvalue weighted by Crippen LogP contribution is 2.21. The van der Waals surface area contributed by atoms with Crippen LogP contribution in [-0.4, -0.2) is 82.6 Å². The van der Waals surface area contributed by atoms with Gasteiger partial charge >= 0.3 is 5.97 Å². The summed E-state index contributed by atoms with van der Waals surface area (Å²) in [6, 6.07) is 17.0. The second kappa shape index (κ2) is 31.7. The van der Waals surface area contributed by atoms with Crippen molar-refractivity contribution in [1.82, 2.24) is 26.6 Å². The molecule has 5 atom stereocenters. The summed E-state index contributed by atoms with van der Waals surface area (Å²) in [5.41, 5.74) is 12.6. The summed E-state index contributed by atoms with van der Waals surface area (Å²) in [6.07, 6.45) is 12.4. The summed E-state index contributed by atoms with van der Waals surface area (Å²) in [6.45, 7) is 7.80. The molecule has 0 aliphatic heterocycles. The highest BCUT2D eigenvalue weighted by Gasteiger charge is 2.31. The molecule has 0 saturated carbocycles. The largest absolute Gasteiger partial charge is 0.480 e. The van der Waals surface area contributed by atoms with Gasteiger partial charge in [-0.15, -0.1) is 0 Å². The van der Waals surface area contributed by atoms with Gasteiger partial charge < -0.3 is 43.2 Å². The number of carbonyl (C=O) groups is 8. The molecule has 10 N–H and O–H groups in total. The summed E-state index contributed by atoms with van der Waals surface area (Å²) in [7, 11) is 0. The number of carboxylic acid groups (broad SMARTS) is 1. The monoisotopic (exact) mass is 970 g/mol. The topological polar surface area (TPSA) is 269 Å². The van der Waals surface area contributed by atoms with Crippen LogP contribution < -0.4 is 38.1 Å². The maximum Gasteiger partial charge on any atom is 0.326 e. The number of amides is 7. The first-order valence-corrected chi connectivity index (χ1v) is 25.2. The molecule has 0 unspecified atom stereocenters. The average molecular weight is 970 g/mol. The first-order chi connectivity index (χ1) is 33.4. The number of fused-ring (bicyclic) bond motifs is 1. The van der Waals surface area contributed by atoms with Gasteiger partial charge in [-0.3, -0.25) is 33.6 Å². The molecular weight excluding hydrogens is 891 g/mol. The Bertz CT molecular complexity index is 2140. The molecule has 0 heterocycles. The highest BCUT2D eigenvalue weighted by atomic mass is 16.4. The van der Waals surface area contributed by atoms with Gasteiger partial charge in [0.05, 0.1) is 6.42 Å². The number of aliphatic carboxylic acids is 1. The van der Waals surface area contributed by atoms with E-state index in [0.29, 0.717) is 32.1 Å². The number of benzene rings is 3. The second-order valence-electron chi connectivity index (χ2n) is 19.4. The van der Waals surface area contributed by atoms with E-state index in [9.17, 15) is 43.5 Å². The average Bonchev–Trinajstić information content (AvgIpc) is 3.30. The van der Waals surface area contributed by atoms with Crippen molar-refractivity contribution in [2.24, 2.45) is 23.3 Å². The lowest BCUT2D eigenvalue weighted by Gasteiger charge is -2.26. The number of hydrogen-bond donors (Lipinski definition) is 8. The SMILES string of the molecule is CC(C)C[C@H](NC(=O)CCCCCCCCCCCCCCC(=O)N[C@@H](CC(N)=O)C(=O)N[C@@H](Cc1cccc2ccccc12)C(=O)O)C(=O)N[C@@H](CC(C)C)C(=O)N[C@@H](Cc1ccccc1)C(N)=O. The smallest absolute Gasteiger partial charge is 0.326 e. The molecule has 0 spiro atoms. The summed E-state index contributed by atoms with van der Waals surface area (Å²) < 4.78 is 0. The van der Waals surface area contributed by atoms with E-state index in [1.165, 1.54) is 0 Å². The molecule has 0 saturated heterocycles. The van der Waals surface area contributed by atoms with Gasteiger partial charge in [-0.1, -0.05) is 165 Å². The van der Waals surface area contributed by atoms with Gasteiger partial charge in [0.15, 0.2) is 0 Å². The van der Waals surface area contributed by atoms with Crippen LogP contribution in [0, 0.1) is 11.8 Å². The van der Waals surface area contributed by atoms with Gasteiger partial charge in [-0.25, -0.2) is 4.79 Å². The van der Waals surface area contributed by atoms with E-state index in [4.69, 9.17) is 11.5 Å². The predicted molar refractivity (Wildman–Crippen MR) is 272 cm³/mol. The number of rotatable bonds is 35. The molecule has 0 radical (unpaired) electrons. The molecule has 0 aromatic heterocycles. The van der Waals surface area contributed by atoms with Gasteiger partial charge in [-0.05, 0) is 59.4 Å². The van der Waals surface area contributed by atoms with Crippen LogP contribution in [0.3, 0.4) is 0 Å². The molecule has 0 fully saturated rings. The maximum absolute atomic E-state index is 13.6. The lowest BCUT2D eigenvalue weighted by Crippen LogP contribution is -2.57. The van der Waals surface area contributed by atoms with E-state index < -0.39 is 78.0 Å². The Labute approximate surface area is 414 Å². The molecule has 0 aliphatic rings. The van der Waals surface area contributed by atoms with Crippen molar-refractivity contribution in [3.8, 4) is 0 Å². The molecule has 3 aromatic carbocycles. The van der Waals surface area contributed by atoms with Crippen molar-refractivity contribution in [3.63, 3.8) is 0 Å². The molecule has 70 heavy (non-hydrogen) atoms. The van der Waals surface area contributed by atoms with Crippen LogP contribution in [-0.2, 0) is 51.2 Å². The van der Waals surface area contributed by atoms with E-state index in [0.717, 1.165) is 86.1 Å². The standard InChI is InChI=1S/C54H79N7O9/c1-36(2)31-43(51(66)60-44(32-37(3)4)52(67)59-42(50(56)65)33-38-23-16-15-17-24-38)57-48(63)29-18-13-11-9-7-5-6-8-10-12-14-19-30-49(64)58-45(35-47(55)62)53(68)61-46(54(69)70)34-40-27-22-26-39-25-20-21-28-41(39)40/h15-17,20-28,36-37,42-46H,5-14,18-19,29-35H2,1-4H3,(H2,55,62)(H2,56,65)(H,57,63)(H,58,64)(H,59,67)(H,60,66)(H,61,68)(H,69,70)/t42-,43-,44-,45-,46-/m0/s1. The van der Waals surface area contributed by atoms with E-state index in [2.05, 4.69) is 26.6 Å². The third-order valence-corrected chi connectivity index (χ3v) is 12.2. The molecule has 3 rings (SSSR count). The van der Waals surface area contributed by atoms with Crippen LogP contribution in [0.4, 0.5) is 0 Å². The molecule has 0 bridgehead atoms. The summed E-state index contributed by atoms with van der Waals surface area (Å²) in [4.78, 5) is 102. The molecular formula is C54H79N7O9. The number of primary amides is 2. The molecule has 16 heteroatoms. The van der Waals surface area contributed by atoms with Gasteiger partial charge in [0.2, 0.25) is 41.4 Å². The number of hydrogen-bond acceptors (Lipinski definition) is 8. The fourth-order valence-corrected chi connectivity index (χ4v) is 8.47. The summed E-state index contributed by atoms with van der Waals surface area (Å²) >= 11 is 0. The van der Waals surface area contributed by atoms with Crippen molar-refractivity contribution in [2.45, 2.75) is 180 Å². The number of nitrogens with two attached hydrogens (primary N) is 2. The van der Waals surface area contributed by atoms with Crippen LogP contribution in [0.5, 0.6) is 0 Å². The van der Waals surface area contributed by atoms with E-state index in [1.807, 2.05) is 94.4 Å². The molecule has 16 nitrogen and oxygen atoms in total. The lowest BCUT2D eigenvalue weighted by molar-refractivity contribution is -0.142. The Kier molecular flexibility index (Phi) is 26.3. The van der Waals surface area contributed by atoms with E-state index in [-0.39, 0.29) is 37.0 Å². The van der Waals surface area contributed by atoms with Crippen LogP contribution >= 0.6 is 0 Å². The maximum atomic E-state index is 13.6. The van der Waals surface area contributed by atoms with E-state index >= 15 is 0 Å². The van der Waals surface area contributed by atoms with Crippen molar-refractivity contribution in [2.75, 3.05) is 0 Å². The van der Waals surface area contributed by atoms with Crippen molar-refractivity contribution in [1.29, 1.82) is 0 Å². The zero-order valence-corrected chi connectivity index (χ0v) is 41.8. The predicted octanol–water partition coefficient (Wildman–Crippen LogP) is 6.05. The number of nitrogens with one attached hydrogen (secondary N) is 5. The van der Waals surface area contributed by atoms with E-state index in [1.54, 1.807) is 6.07 Å².